The van der Waals surface area contributed by atoms with Crippen molar-refractivity contribution in [1.29, 1.82) is 0 Å². The summed E-state index contributed by atoms with van der Waals surface area (Å²) in [6, 6.07) is 10.7. The number of benzene rings is 1. The molecule has 0 amide bonds. The Morgan fingerprint density at radius 3 is 2.48 bits per heavy atom. The van der Waals surface area contributed by atoms with Gasteiger partial charge in [-0.3, -0.25) is 9.38 Å². The summed E-state index contributed by atoms with van der Waals surface area (Å²) in [7, 11) is 0. The Morgan fingerprint density at radius 2 is 1.76 bits per heavy atom. The van der Waals surface area contributed by atoms with E-state index < -0.39 is 11.7 Å². The molecule has 29 heavy (non-hydrogen) atoms. The highest BCUT2D eigenvalue weighted by Crippen LogP contribution is 2.44. The summed E-state index contributed by atoms with van der Waals surface area (Å²) in [6.45, 7) is 0. The van der Waals surface area contributed by atoms with Gasteiger partial charge in [-0.05, 0) is 49.2 Å². The number of alkyl halides is 3. The van der Waals surface area contributed by atoms with Crippen LogP contribution in [0.1, 0.15) is 30.0 Å². The number of fused-ring (bicyclic) bond motifs is 1. The molecule has 3 aromatic heterocycles. The molecule has 1 aliphatic carbocycles. The van der Waals surface area contributed by atoms with Gasteiger partial charge in [-0.15, -0.1) is 0 Å². The van der Waals surface area contributed by atoms with Crippen molar-refractivity contribution in [2.75, 3.05) is 5.32 Å². The van der Waals surface area contributed by atoms with Crippen molar-refractivity contribution in [3.05, 3.63) is 72.3 Å². The van der Waals surface area contributed by atoms with Crippen LogP contribution in [0, 0.1) is 0 Å². The highest BCUT2D eigenvalue weighted by atomic mass is 19.4. The van der Waals surface area contributed by atoms with Gasteiger partial charge >= 0.3 is 6.18 Å². The van der Waals surface area contributed by atoms with Crippen LogP contribution in [0.5, 0.6) is 0 Å². The maximum absolute atomic E-state index is 12.7. The minimum Gasteiger partial charge on any atom is -0.339 e. The Hall–Kier alpha value is -3.42. The second-order valence-corrected chi connectivity index (χ2v) is 7.04. The number of pyridine rings is 1. The highest BCUT2D eigenvalue weighted by molar-refractivity contribution is 5.67. The molecular weight excluding hydrogens is 379 g/mol. The van der Waals surface area contributed by atoms with Crippen molar-refractivity contribution in [2.45, 2.75) is 24.9 Å². The van der Waals surface area contributed by atoms with Crippen molar-refractivity contribution in [3.63, 3.8) is 0 Å². The maximum atomic E-state index is 12.7. The van der Waals surface area contributed by atoms with Gasteiger partial charge in [0.2, 0.25) is 0 Å². The van der Waals surface area contributed by atoms with Gasteiger partial charge < -0.3 is 5.32 Å². The maximum Gasteiger partial charge on any atom is 0.416 e. The minimum absolute atomic E-state index is 0.429. The molecule has 146 valence electrons. The third-order valence-electron chi connectivity index (χ3n) is 4.88. The van der Waals surface area contributed by atoms with Gasteiger partial charge in [-0.1, -0.05) is 6.07 Å². The molecule has 1 aromatic carbocycles. The largest absolute Gasteiger partial charge is 0.416 e. The lowest BCUT2D eigenvalue weighted by atomic mass is 10.2. The van der Waals surface area contributed by atoms with E-state index in [1.54, 1.807) is 12.4 Å². The molecule has 0 radical (unpaired) electrons. The van der Waals surface area contributed by atoms with Crippen LogP contribution in [0.25, 0.3) is 17.0 Å². The summed E-state index contributed by atoms with van der Waals surface area (Å²) < 4.78 is 40.2. The van der Waals surface area contributed by atoms with E-state index in [2.05, 4.69) is 15.3 Å². The average molecular weight is 395 g/mol. The standard InChI is InChI=1S/C21H16F3N5/c22-21(23,24)14-6-8-15(9-7-14)26-17-12-25-11-16(27-17)20-19(13-4-5-13)28-18-3-1-2-10-29(18)20/h1-3,6-13H,4-5H2,(H,26,27). The normalized spacial score (nSPS) is 14.3. The van der Waals surface area contributed by atoms with Crippen molar-refractivity contribution < 1.29 is 13.2 Å². The molecule has 4 aromatic rings. The van der Waals surface area contributed by atoms with Gasteiger partial charge in [0, 0.05) is 17.8 Å². The van der Waals surface area contributed by atoms with Gasteiger partial charge in [0.15, 0.2) is 0 Å². The molecule has 5 nitrogen and oxygen atoms in total. The number of rotatable bonds is 4. The first-order chi connectivity index (χ1) is 14.0. The zero-order valence-electron chi connectivity index (χ0n) is 15.2. The van der Waals surface area contributed by atoms with Crippen LogP contribution in [0.15, 0.2) is 61.1 Å². The second kappa shape index (κ2) is 6.58. The molecule has 0 unspecified atom stereocenters. The van der Waals surface area contributed by atoms with Crippen LogP contribution in [-0.2, 0) is 6.18 Å². The Morgan fingerprint density at radius 1 is 0.966 bits per heavy atom. The first-order valence-electron chi connectivity index (χ1n) is 9.23. The van der Waals surface area contributed by atoms with Crippen LogP contribution < -0.4 is 5.32 Å². The fourth-order valence-corrected chi connectivity index (χ4v) is 3.34. The van der Waals surface area contributed by atoms with E-state index in [9.17, 15) is 13.2 Å². The number of hydrogen-bond donors (Lipinski definition) is 1. The molecule has 1 saturated carbocycles. The van der Waals surface area contributed by atoms with Crippen LogP contribution >= 0.6 is 0 Å². The van der Waals surface area contributed by atoms with E-state index in [-0.39, 0.29) is 0 Å². The lowest BCUT2D eigenvalue weighted by molar-refractivity contribution is -0.137. The molecule has 1 fully saturated rings. The summed E-state index contributed by atoms with van der Waals surface area (Å²) in [5.74, 6) is 0.883. The van der Waals surface area contributed by atoms with Gasteiger partial charge in [0.25, 0.3) is 0 Å². The van der Waals surface area contributed by atoms with E-state index in [0.717, 1.165) is 42.0 Å². The summed E-state index contributed by atoms with van der Waals surface area (Å²) in [5, 5.41) is 3.03. The minimum atomic E-state index is -4.36. The number of halogens is 3. The van der Waals surface area contributed by atoms with Crippen LogP contribution in [0.2, 0.25) is 0 Å². The number of anilines is 2. The number of aromatic nitrogens is 4. The molecule has 0 bridgehead atoms. The fraction of sp³-hybridized carbons (Fsp3) is 0.190. The summed E-state index contributed by atoms with van der Waals surface area (Å²) in [6.07, 6.45) is 3.02. The first kappa shape index (κ1) is 17.7. The van der Waals surface area contributed by atoms with E-state index >= 15 is 0 Å². The summed E-state index contributed by atoms with van der Waals surface area (Å²) in [4.78, 5) is 13.7. The molecule has 1 aliphatic rings. The number of imidazole rings is 1. The van der Waals surface area contributed by atoms with Crippen LogP contribution in [0.3, 0.4) is 0 Å². The topological polar surface area (TPSA) is 55.1 Å². The zero-order chi connectivity index (χ0) is 20.0. The van der Waals surface area contributed by atoms with Gasteiger partial charge in [0.1, 0.15) is 17.2 Å². The summed E-state index contributed by atoms with van der Waals surface area (Å²) >= 11 is 0. The Balaban J connectivity index is 1.50. The molecule has 0 aliphatic heterocycles. The smallest absolute Gasteiger partial charge is 0.339 e. The predicted molar refractivity (Wildman–Crippen MR) is 103 cm³/mol. The highest BCUT2D eigenvalue weighted by Gasteiger charge is 2.31. The molecule has 5 rings (SSSR count). The van der Waals surface area contributed by atoms with Crippen molar-refractivity contribution in [3.8, 4) is 11.4 Å². The Labute approximate surface area is 164 Å². The van der Waals surface area contributed by atoms with Crippen LogP contribution in [-0.4, -0.2) is 19.4 Å². The van der Waals surface area contributed by atoms with Crippen molar-refractivity contribution in [1.82, 2.24) is 19.4 Å². The second-order valence-electron chi connectivity index (χ2n) is 7.04. The molecule has 8 heteroatoms. The third kappa shape index (κ3) is 3.41. The lowest BCUT2D eigenvalue weighted by Gasteiger charge is -2.10. The Bertz CT molecular complexity index is 1180. The molecule has 0 spiro atoms. The van der Waals surface area contributed by atoms with E-state index in [4.69, 9.17) is 4.98 Å². The average Bonchev–Trinajstić information content (AvgIpc) is 3.48. The summed E-state index contributed by atoms with van der Waals surface area (Å²) in [5.41, 5.74) is 3.26. The lowest BCUT2D eigenvalue weighted by Crippen LogP contribution is -2.04. The van der Waals surface area contributed by atoms with E-state index in [1.165, 1.54) is 12.1 Å². The molecule has 3 heterocycles. The number of hydrogen-bond acceptors (Lipinski definition) is 4. The Kier molecular flexibility index (Phi) is 4.01. The van der Waals surface area contributed by atoms with E-state index in [0.29, 0.717) is 23.1 Å². The van der Waals surface area contributed by atoms with Gasteiger partial charge in [-0.2, -0.15) is 13.2 Å². The quantitative estimate of drug-likeness (QED) is 0.501. The van der Waals surface area contributed by atoms with Crippen molar-refractivity contribution >= 4 is 17.2 Å². The van der Waals surface area contributed by atoms with Gasteiger partial charge in [-0.25, -0.2) is 9.97 Å². The molecular formula is C21H16F3N5. The van der Waals surface area contributed by atoms with Gasteiger partial charge in [0.05, 0.1) is 29.3 Å². The molecule has 1 N–H and O–H groups in total. The SMILES string of the molecule is FC(F)(F)c1ccc(Nc2cncc(-c3c(C4CC4)nc4ccccn34)n2)cc1. The van der Waals surface area contributed by atoms with Crippen molar-refractivity contribution in [2.24, 2.45) is 0 Å². The predicted octanol–water partition coefficient (Wildman–Crippen LogP) is 5.43. The first-order valence-corrected chi connectivity index (χ1v) is 9.23. The fourth-order valence-electron chi connectivity index (χ4n) is 3.34. The number of nitrogens with one attached hydrogen (secondary N) is 1. The monoisotopic (exact) mass is 395 g/mol. The molecule has 0 atom stereocenters. The van der Waals surface area contributed by atoms with Crippen LogP contribution in [0.4, 0.5) is 24.7 Å². The molecule has 0 saturated heterocycles. The van der Waals surface area contributed by atoms with E-state index in [1.807, 2.05) is 28.8 Å². The zero-order valence-corrected chi connectivity index (χ0v) is 15.2. The third-order valence-corrected chi connectivity index (χ3v) is 4.88. The number of nitrogens with zero attached hydrogens (tertiary/aromatic N) is 4.